The monoisotopic (exact) mass is 372 g/mol. The predicted octanol–water partition coefficient (Wildman–Crippen LogP) is 3.22. The number of benzene rings is 2. The lowest BCUT2D eigenvalue weighted by Crippen LogP contribution is -2.12. The third kappa shape index (κ3) is 3.79. The van der Waals surface area contributed by atoms with E-state index in [4.69, 9.17) is 26.3 Å². The summed E-state index contributed by atoms with van der Waals surface area (Å²) in [5.74, 6) is 0.922. The zero-order valence-electron chi connectivity index (χ0n) is 13.5. The first-order chi connectivity index (χ1) is 12.1. The van der Waals surface area contributed by atoms with Crippen molar-refractivity contribution >= 4 is 24.1 Å². The summed E-state index contributed by atoms with van der Waals surface area (Å²) in [5.41, 5.74) is 14.6. The zero-order valence-corrected chi connectivity index (χ0v) is 14.4. The van der Waals surface area contributed by atoms with Crippen LogP contribution in [-0.2, 0) is 0 Å². The third-order valence-corrected chi connectivity index (χ3v) is 3.76. The van der Waals surface area contributed by atoms with Crippen molar-refractivity contribution in [1.82, 2.24) is 0 Å². The molecule has 0 amide bonds. The number of halogens is 1. The smallest absolute Gasteiger partial charge is 0.205 e. The van der Waals surface area contributed by atoms with Crippen LogP contribution in [-0.4, -0.2) is 22.1 Å². The number of nitrogens with zero attached hydrogens (tertiary/aromatic N) is 2. The average molecular weight is 373 g/mol. The van der Waals surface area contributed by atoms with Crippen LogP contribution >= 0.6 is 12.4 Å². The first kappa shape index (κ1) is 18.9. The van der Waals surface area contributed by atoms with E-state index < -0.39 is 0 Å². The Balaban J connectivity index is 0.00000243. The van der Waals surface area contributed by atoms with Crippen molar-refractivity contribution < 1.29 is 14.8 Å². The zero-order chi connectivity index (χ0) is 17.8. The molecule has 0 fully saturated rings. The van der Waals surface area contributed by atoms with Crippen LogP contribution in [0.4, 0.5) is 0 Å². The number of nitrogens with two attached hydrogens (primary N) is 2. The van der Waals surface area contributed by atoms with Crippen molar-refractivity contribution in [2.75, 3.05) is 0 Å². The molecule has 6 N–H and O–H groups in total. The Bertz CT molecular complexity index is 932. The summed E-state index contributed by atoms with van der Waals surface area (Å²) < 4.78 is 5.56. The summed E-state index contributed by atoms with van der Waals surface area (Å²) in [7, 11) is 0. The number of oxime groups is 2. The Labute approximate surface area is 155 Å². The first-order valence-corrected chi connectivity index (χ1v) is 7.39. The molecule has 0 bridgehead atoms. The molecule has 0 atom stereocenters. The normalized spacial score (nSPS) is 11.8. The van der Waals surface area contributed by atoms with E-state index in [0.717, 1.165) is 16.7 Å². The predicted molar refractivity (Wildman–Crippen MR) is 102 cm³/mol. The van der Waals surface area contributed by atoms with Gasteiger partial charge in [0.2, 0.25) is 5.84 Å². The Hall–Kier alpha value is -3.45. The highest BCUT2D eigenvalue weighted by molar-refractivity contribution is 5.97. The summed E-state index contributed by atoms with van der Waals surface area (Å²) >= 11 is 0. The lowest BCUT2D eigenvalue weighted by Gasteiger charge is -2.05. The number of hydrogen-bond acceptors (Lipinski definition) is 5. The van der Waals surface area contributed by atoms with Gasteiger partial charge >= 0.3 is 0 Å². The van der Waals surface area contributed by atoms with E-state index in [1.807, 2.05) is 36.4 Å². The van der Waals surface area contributed by atoms with Gasteiger partial charge in [0.05, 0.1) is 0 Å². The van der Waals surface area contributed by atoms with Crippen molar-refractivity contribution in [1.29, 1.82) is 0 Å². The van der Waals surface area contributed by atoms with Crippen LogP contribution in [0.3, 0.4) is 0 Å². The number of amidine groups is 2. The van der Waals surface area contributed by atoms with Gasteiger partial charge in [-0.1, -0.05) is 58.8 Å². The Kier molecular flexibility index (Phi) is 5.87. The molecule has 1 heterocycles. The maximum Gasteiger partial charge on any atom is 0.205 e. The second-order valence-corrected chi connectivity index (χ2v) is 5.29. The van der Waals surface area contributed by atoms with Gasteiger partial charge in [-0.05, 0) is 23.3 Å². The largest absolute Gasteiger partial charge is 0.453 e. The molecule has 0 aliphatic heterocycles. The summed E-state index contributed by atoms with van der Waals surface area (Å²) in [6.45, 7) is 0. The highest BCUT2D eigenvalue weighted by Crippen LogP contribution is 2.26. The number of hydrogen-bond donors (Lipinski definition) is 4. The lowest BCUT2D eigenvalue weighted by molar-refractivity contribution is 0.317. The van der Waals surface area contributed by atoms with E-state index in [1.54, 1.807) is 24.3 Å². The molecule has 3 rings (SSSR count). The van der Waals surface area contributed by atoms with Crippen molar-refractivity contribution in [3.8, 4) is 22.5 Å². The topological polar surface area (TPSA) is 130 Å². The van der Waals surface area contributed by atoms with E-state index in [9.17, 15) is 0 Å². The Morgan fingerprint density at radius 3 is 1.73 bits per heavy atom. The summed E-state index contributed by atoms with van der Waals surface area (Å²) in [4.78, 5) is 0. The van der Waals surface area contributed by atoms with E-state index in [1.165, 1.54) is 0 Å². The van der Waals surface area contributed by atoms with Gasteiger partial charge in [-0.2, -0.15) is 0 Å². The molecule has 0 unspecified atom stereocenters. The molecule has 2 aromatic carbocycles. The van der Waals surface area contributed by atoms with Gasteiger partial charge in [0, 0.05) is 11.1 Å². The molecule has 26 heavy (non-hydrogen) atoms. The summed E-state index contributed by atoms with van der Waals surface area (Å²) in [6, 6.07) is 18.5. The standard InChI is InChI=1S/C18H16N4O3.ClH/c19-17(21-23)14-7-3-12(4-8-14)11-1-5-13(6-2-11)15-9-10-16(25-15)18(20)22-24;/h1-10,23-24H,(H2,19,21)(H2,20,22);1H. The first-order valence-electron chi connectivity index (χ1n) is 7.39. The second-order valence-electron chi connectivity index (χ2n) is 5.29. The fourth-order valence-electron chi connectivity index (χ4n) is 2.40. The van der Waals surface area contributed by atoms with Crippen molar-refractivity contribution in [2.45, 2.75) is 0 Å². The highest BCUT2D eigenvalue weighted by Gasteiger charge is 2.08. The lowest BCUT2D eigenvalue weighted by atomic mass is 10.0. The maximum absolute atomic E-state index is 8.69. The minimum absolute atomic E-state index is 0. The number of rotatable bonds is 4. The van der Waals surface area contributed by atoms with E-state index in [0.29, 0.717) is 17.1 Å². The molecular weight excluding hydrogens is 356 g/mol. The molecule has 0 aliphatic carbocycles. The van der Waals surface area contributed by atoms with Crippen LogP contribution < -0.4 is 11.5 Å². The molecule has 1 aromatic heterocycles. The molecule has 0 radical (unpaired) electrons. The maximum atomic E-state index is 8.69. The fourth-order valence-corrected chi connectivity index (χ4v) is 2.40. The molecule has 0 saturated heterocycles. The molecule has 8 heteroatoms. The molecule has 134 valence electrons. The van der Waals surface area contributed by atoms with Crippen molar-refractivity contribution in [3.05, 3.63) is 72.0 Å². The van der Waals surface area contributed by atoms with Gasteiger partial charge < -0.3 is 26.3 Å². The SMILES string of the molecule is Cl.N/C(=N\O)c1ccc(-c2ccc(-c3ccc(/C(N)=N/O)o3)cc2)cc1. The summed E-state index contributed by atoms with van der Waals surface area (Å²) in [6.07, 6.45) is 0. The molecule has 3 aromatic rings. The molecule has 0 saturated carbocycles. The van der Waals surface area contributed by atoms with Crippen LogP contribution in [0.15, 0.2) is 75.4 Å². The minimum atomic E-state index is -0.0753. The van der Waals surface area contributed by atoms with E-state index >= 15 is 0 Å². The van der Waals surface area contributed by atoms with Crippen LogP contribution in [0.25, 0.3) is 22.5 Å². The van der Waals surface area contributed by atoms with Crippen molar-refractivity contribution in [2.24, 2.45) is 21.8 Å². The van der Waals surface area contributed by atoms with Gasteiger partial charge in [0.15, 0.2) is 11.6 Å². The number of furan rings is 1. The summed E-state index contributed by atoms with van der Waals surface area (Å²) in [5, 5.41) is 23.3. The quantitative estimate of drug-likeness (QED) is 0.242. The molecule has 0 spiro atoms. The van der Waals surface area contributed by atoms with Gasteiger partial charge in [-0.15, -0.1) is 12.4 Å². The van der Waals surface area contributed by atoms with Crippen LogP contribution in [0.5, 0.6) is 0 Å². The molecular formula is C18H17ClN4O3. The van der Waals surface area contributed by atoms with Gasteiger partial charge in [0.1, 0.15) is 5.76 Å². The van der Waals surface area contributed by atoms with Gasteiger partial charge in [0.25, 0.3) is 0 Å². The van der Waals surface area contributed by atoms with E-state index in [2.05, 4.69) is 10.3 Å². The van der Waals surface area contributed by atoms with Crippen LogP contribution in [0.2, 0.25) is 0 Å². The average Bonchev–Trinajstić information content (AvgIpc) is 3.17. The van der Waals surface area contributed by atoms with Crippen LogP contribution in [0, 0.1) is 0 Å². The third-order valence-electron chi connectivity index (χ3n) is 3.76. The van der Waals surface area contributed by atoms with Crippen molar-refractivity contribution in [3.63, 3.8) is 0 Å². The van der Waals surface area contributed by atoms with E-state index in [-0.39, 0.29) is 24.1 Å². The Morgan fingerprint density at radius 2 is 1.19 bits per heavy atom. The second kappa shape index (κ2) is 8.09. The Morgan fingerprint density at radius 1 is 0.692 bits per heavy atom. The highest BCUT2D eigenvalue weighted by atomic mass is 35.5. The fraction of sp³-hybridized carbons (Fsp3) is 0. The van der Waals surface area contributed by atoms with Gasteiger partial charge in [-0.25, -0.2) is 0 Å². The minimum Gasteiger partial charge on any atom is -0.453 e. The van der Waals surface area contributed by atoms with Crippen LogP contribution in [0.1, 0.15) is 11.3 Å². The molecule has 7 nitrogen and oxygen atoms in total. The molecule has 0 aliphatic rings. The van der Waals surface area contributed by atoms with Gasteiger partial charge in [-0.3, -0.25) is 0 Å².